The summed E-state index contributed by atoms with van der Waals surface area (Å²) in [6.07, 6.45) is 0.143. The van der Waals surface area contributed by atoms with Gasteiger partial charge in [-0.1, -0.05) is 36.4 Å². The molecule has 0 unspecified atom stereocenters. The summed E-state index contributed by atoms with van der Waals surface area (Å²) in [6, 6.07) is 16.7. The van der Waals surface area contributed by atoms with Gasteiger partial charge in [0.05, 0.1) is 25.3 Å². The van der Waals surface area contributed by atoms with Crippen LogP contribution in [0.3, 0.4) is 0 Å². The molecular weight excluding hydrogens is 412 g/mol. The Balaban J connectivity index is 1.56. The molecule has 1 atom stereocenters. The summed E-state index contributed by atoms with van der Waals surface area (Å²) in [5.41, 5.74) is 2.18. The minimum Gasteiger partial charge on any atom is -0.496 e. The van der Waals surface area contributed by atoms with E-state index in [0.717, 1.165) is 11.3 Å². The fourth-order valence-corrected chi connectivity index (χ4v) is 3.86. The molecule has 1 aromatic heterocycles. The molecule has 1 heterocycles. The number of hydrogen-bond donors (Lipinski definition) is 2. The second kappa shape index (κ2) is 10.7. The van der Waals surface area contributed by atoms with Gasteiger partial charge in [-0.25, -0.2) is 4.98 Å². The number of amides is 2. The molecule has 2 N–H and O–H groups in total. The van der Waals surface area contributed by atoms with Crippen molar-refractivity contribution in [1.82, 2.24) is 15.2 Å². The van der Waals surface area contributed by atoms with E-state index in [0.29, 0.717) is 22.9 Å². The first-order chi connectivity index (χ1) is 15.0. The third-order valence-corrected chi connectivity index (χ3v) is 5.57. The first-order valence-corrected chi connectivity index (χ1v) is 10.7. The van der Waals surface area contributed by atoms with Crippen LogP contribution in [0.5, 0.6) is 5.75 Å². The molecule has 0 spiro atoms. The Kier molecular flexibility index (Phi) is 7.75. The van der Waals surface area contributed by atoms with Crippen molar-refractivity contribution < 1.29 is 14.3 Å². The molecular formula is C23H26N4O3S. The predicted molar refractivity (Wildman–Crippen MR) is 123 cm³/mol. The van der Waals surface area contributed by atoms with Gasteiger partial charge in [0.15, 0.2) is 5.13 Å². The molecule has 7 nitrogen and oxygen atoms in total. The number of methoxy groups -OCH3 is 1. The molecule has 162 valence electrons. The Bertz CT molecular complexity index is 1020. The van der Waals surface area contributed by atoms with Crippen LogP contribution < -0.4 is 15.4 Å². The number of anilines is 1. The molecule has 0 bridgehead atoms. The Labute approximate surface area is 186 Å². The second-order valence-electron chi connectivity index (χ2n) is 7.17. The summed E-state index contributed by atoms with van der Waals surface area (Å²) in [7, 11) is 5.57. The minimum absolute atomic E-state index is 0.0312. The fourth-order valence-electron chi connectivity index (χ4n) is 3.15. The number of nitrogens with one attached hydrogen (secondary N) is 2. The molecule has 31 heavy (non-hydrogen) atoms. The molecule has 0 aliphatic carbocycles. The third kappa shape index (κ3) is 6.13. The summed E-state index contributed by atoms with van der Waals surface area (Å²) in [5, 5.41) is 8.00. The van der Waals surface area contributed by atoms with Crippen molar-refractivity contribution in [2.75, 3.05) is 33.1 Å². The molecule has 0 saturated carbocycles. The molecule has 8 heteroatoms. The quantitative estimate of drug-likeness (QED) is 0.535. The zero-order valence-corrected chi connectivity index (χ0v) is 18.6. The van der Waals surface area contributed by atoms with E-state index in [1.165, 1.54) is 11.3 Å². The summed E-state index contributed by atoms with van der Waals surface area (Å²) in [4.78, 5) is 31.1. The molecule has 3 rings (SSSR count). The predicted octanol–water partition coefficient (Wildman–Crippen LogP) is 3.37. The normalized spacial score (nSPS) is 11.7. The average Bonchev–Trinajstić information content (AvgIpc) is 3.21. The van der Waals surface area contributed by atoms with E-state index < -0.39 is 0 Å². The van der Waals surface area contributed by atoms with E-state index in [1.807, 2.05) is 49.3 Å². The molecule has 0 fully saturated rings. The number of carbonyl (C=O) groups excluding carboxylic acids is 2. The zero-order chi connectivity index (χ0) is 22.2. The van der Waals surface area contributed by atoms with Crippen molar-refractivity contribution in [3.63, 3.8) is 0 Å². The highest BCUT2D eigenvalue weighted by atomic mass is 32.1. The lowest BCUT2D eigenvalue weighted by Gasteiger charge is -2.26. The van der Waals surface area contributed by atoms with Crippen molar-refractivity contribution in [3.05, 3.63) is 76.8 Å². The lowest BCUT2D eigenvalue weighted by Crippen LogP contribution is -2.35. The third-order valence-electron chi connectivity index (χ3n) is 4.76. The van der Waals surface area contributed by atoms with Crippen molar-refractivity contribution in [3.8, 4) is 5.75 Å². The van der Waals surface area contributed by atoms with Gasteiger partial charge in [0, 0.05) is 23.1 Å². The van der Waals surface area contributed by atoms with Crippen LogP contribution in [0.4, 0.5) is 5.13 Å². The van der Waals surface area contributed by atoms with Gasteiger partial charge in [0.25, 0.3) is 5.91 Å². The van der Waals surface area contributed by atoms with Crippen LogP contribution in [-0.2, 0) is 11.2 Å². The Hall–Kier alpha value is -3.23. The molecule has 3 aromatic rings. The Morgan fingerprint density at radius 3 is 2.52 bits per heavy atom. The number of ether oxygens (including phenoxy) is 1. The number of thiazole rings is 1. The van der Waals surface area contributed by atoms with E-state index in [2.05, 4.69) is 15.6 Å². The number of benzene rings is 2. The Morgan fingerprint density at radius 2 is 1.81 bits per heavy atom. The zero-order valence-electron chi connectivity index (χ0n) is 17.8. The van der Waals surface area contributed by atoms with Gasteiger partial charge < -0.3 is 15.0 Å². The second-order valence-corrected chi connectivity index (χ2v) is 8.02. The smallest absolute Gasteiger partial charge is 0.257 e. The number of hydrogen-bond acceptors (Lipinski definition) is 6. The average molecular weight is 439 g/mol. The van der Waals surface area contributed by atoms with Crippen molar-refractivity contribution in [2.24, 2.45) is 0 Å². The number of carbonyl (C=O) groups is 2. The maximum absolute atomic E-state index is 12.5. The van der Waals surface area contributed by atoms with Gasteiger partial charge in [-0.05, 0) is 32.3 Å². The summed E-state index contributed by atoms with van der Waals surface area (Å²) in [6.45, 7) is 0.438. The lowest BCUT2D eigenvalue weighted by atomic mass is 10.0. The van der Waals surface area contributed by atoms with Crippen LogP contribution in [0.15, 0.2) is 60.0 Å². The standard InChI is InChI=1S/C23H26N4O3S/c1-27(2)19(18-11-7-8-12-20(18)30-3)14-24-21(28)13-17-15-31-23(25-17)26-22(29)16-9-5-4-6-10-16/h4-12,15,19H,13-14H2,1-3H3,(H,24,28)(H,25,26,29)/t19-/m1/s1. The first-order valence-electron chi connectivity index (χ1n) is 9.84. The first kappa shape index (κ1) is 22.5. The van der Waals surface area contributed by atoms with E-state index in [1.54, 1.807) is 36.8 Å². The number of para-hydroxylation sites is 1. The number of nitrogens with zero attached hydrogens (tertiary/aromatic N) is 2. The summed E-state index contributed by atoms with van der Waals surface area (Å²) in [5.74, 6) is 0.429. The van der Waals surface area contributed by atoms with Gasteiger partial charge in [-0.15, -0.1) is 11.3 Å². The van der Waals surface area contributed by atoms with E-state index in [9.17, 15) is 9.59 Å². The molecule has 2 amide bonds. The van der Waals surface area contributed by atoms with Gasteiger partial charge in [-0.2, -0.15) is 0 Å². The fraction of sp³-hybridized carbons (Fsp3) is 0.261. The van der Waals surface area contributed by atoms with Gasteiger partial charge in [0.2, 0.25) is 5.91 Å². The number of rotatable bonds is 9. The Morgan fingerprint density at radius 1 is 1.10 bits per heavy atom. The van der Waals surface area contributed by atoms with Crippen LogP contribution in [0.1, 0.15) is 27.7 Å². The van der Waals surface area contributed by atoms with Crippen LogP contribution in [-0.4, -0.2) is 49.4 Å². The maximum atomic E-state index is 12.5. The van der Waals surface area contributed by atoms with Gasteiger partial charge in [0.1, 0.15) is 5.75 Å². The summed E-state index contributed by atoms with van der Waals surface area (Å²) < 4.78 is 5.46. The van der Waals surface area contributed by atoms with Crippen molar-refractivity contribution in [1.29, 1.82) is 0 Å². The molecule has 0 aliphatic heterocycles. The highest BCUT2D eigenvalue weighted by Gasteiger charge is 2.19. The van der Waals surface area contributed by atoms with Crippen LogP contribution >= 0.6 is 11.3 Å². The van der Waals surface area contributed by atoms with Crippen LogP contribution in [0.2, 0.25) is 0 Å². The molecule has 0 saturated heterocycles. The van der Waals surface area contributed by atoms with E-state index in [4.69, 9.17) is 4.74 Å². The molecule has 2 aromatic carbocycles. The highest BCUT2D eigenvalue weighted by molar-refractivity contribution is 7.14. The minimum atomic E-state index is -0.225. The van der Waals surface area contributed by atoms with E-state index >= 15 is 0 Å². The lowest BCUT2D eigenvalue weighted by molar-refractivity contribution is -0.120. The summed E-state index contributed by atoms with van der Waals surface area (Å²) >= 11 is 1.30. The van der Waals surface area contributed by atoms with Crippen molar-refractivity contribution in [2.45, 2.75) is 12.5 Å². The topological polar surface area (TPSA) is 83.6 Å². The van der Waals surface area contributed by atoms with Gasteiger partial charge >= 0.3 is 0 Å². The SMILES string of the molecule is COc1ccccc1[C@@H](CNC(=O)Cc1csc(NC(=O)c2ccccc2)n1)N(C)C. The maximum Gasteiger partial charge on any atom is 0.257 e. The van der Waals surface area contributed by atoms with Crippen LogP contribution in [0, 0.1) is 0 Å². The molecule has 0 aliphatic rings. The number of aromatic nitrogens is 1. The highest BCUT2D eigenvalue weighted by Crippen LogP contribution is 2.27. The number of likely N-dealkylation sites (N-methyl/N-ethyl adjacent to an activating group) is 1. The van der Waals surface area contributed by atoms with Gasteiger partial charge in [-0.3, -0.25) is 14.9 Å². The van der Waals surface area contributed by atoms with E-state index in [-0.39, 0.29) is 24.3 Å². The van der Waals surface area contributed by atoms with Crippen LogP contribution in [0.25, 0.3) is 0 Å². The molecule has 0 radical (unpaired) electrons. The van der Waals surface area contributed by atoms with Crippen molar-refractivity contribution >= 4 is 28.3 Å². The largest absolute Gasteiger partial charge is 0.496 e. The monoisotopic (exact) mass is 438 g/mol.